The van der Waals surface area contributed by atoms with Crippen LogP contribution in [0.4, 0.5) is 13.2 Å². The Kier molecular flexibility index (Phi) is 5.26. The smallest absolute Gasteiger partial charge is 0.406 e. The molecule has 0 fully saturated rings. The van der Waals surface area contributed by atoms with Crippen molar-refractivity contribution in [3.63, 3.8) is 0 Å². The first-order valence-electron chi connectivity index (χ1n) is 5.40. The lowest BCUT2D eigenvalue weighted by Crippen LogP contribution is -2.17. The number of hydrogen-bond donors (Lipinski definition) is 0. The largest absolute Gasteiger partial charge is 0.573 e. The van der Waals surface area contributed by atoms with Crippen LogP contribution >= 0.6 is 8.58 Å². The highest BCUT2D eigenvalue weighted by Crippen LogP contribution is 2.24. The standard InChI is InChI=1S/C12H16F3OP/c1-9(8-17-2)6-10-4-3-5-11(7-10)16-12(13,14)15/h3-5,7,9,17H,6,8H2,1-2H3. The van der Waals surface area contributed by atoms with Gasteiger partial charge in [-0.2, -0.15) is 0 Å². The topological polar surface area (TPSA) is 9.23 Å². The van der Waals surface area contributed by atoms with E-state index in [0.717, 1.165) is 26.7 Å². The molecule has 1 nitrogen and oxygen atoms in total. The van der Waals surface area contributed by atoms with Crippen LogP contribution in [0.3, 0.4) is 0 Å². The van der Waals surface area contributed by atoms with Gasteiger partial charge in [-0.15, -0.1) is 21.8 Å². The predicted octanol–water partition coefficient (Wildman–Crippen LogP) is 4.07. The lowest BCUT2D eigenvalue weighted by Gasteiger charge is -2.12. The molecular formula is C12H16F3OP. The Labute approximate surface area is 101 Å². The molecule has 17 heavy (non-hydrogen) atoms. The van der Waals surface area contributed by atoms with Crippen molar-refractivity contribution in [1.82, 2.24) is 0 Å². The van der Waals surface area contributed by atoms with E-state index in [1.54, 1.807) is 6.07 Å². The highest BCUT2D eigenvalue weighted by atomic mass is 31.1. The molecule has 0 aliphatic heterocycles. The van der Waals surface area contributed by atoms with Crippen molar-refractivity contribution in [3.05, 3.63) is 29.8 Å². The molecule has 0 N–H and O–H groups in total. The molecule has 0 amide bonds. The fourth-order valence-electron chi connectivity index (χ4n) is 1.69. The molecular weight excluding hydrogens is 248 g/mol. The van der Waals surface area contributed by atoms with Crippen molar-refractivity contribution >= 4 is 8.58 Å². The van der Waals surface area contributed by atoms with E-state index in [1.807, 2.05) is 6.07 Å². The molecule has 0 aliphatic rings. The van der Waals surface area contributed by atoms with Crippen LogP contribution < -0.4 is 4.74 Å². The Morgan fingerprint density at radius 1 is 1.35 bits per heavy atom. The lowest BCUT2D eigenvalue weighted by molar-refractivity contribution is -0.274. The second kappa shape index (κ2) is 6.25. The zero-order valence-corrected chi connectivity index (χ0v) is 10.8. The first-order chi connectivity index (χ1) is 7.90. The maximum atomic E-state index is 12.0. The number of alkyl halides is 3. The summed E-state index contributed by atoms with van der Waals surface area (Å²) in [6, 6.07) is 6.21. The van der Waals surface area contributed by atoms with Gasteiger partial charge in [0.25, 0.3) is 0 Å². The van der Waals surface area contributed by atoms with Gasteiger partial charge in [0.15, 0.2) is 0 Å². The average molecular weight is 264 g/mol. The Hall–Kier alpha value is -0.760. The van der Waals surface area contributed by atoms with Crippen molar-refractivity contribution in [2.24, 2.45) is 5.92 Å². The first-order valence-corrected chi connectivity index (χ1v) is 7.10. The lowest BCUT2D eigenvalue weighted by atomic mass is 10.0. The van der Waals surface area contributed by atoms with E-state index in [2.05, 4.69) is 18.3 Å². The molecule has 0 aliphatic carbocycles. The van der Waals surface area contributed by atoms with E-state index in [1.165, 1.54) is 12.1 Å². The Bertz CT molecular complexity index is 352. The number of hydrogen-bond acceptors (Lipinski definition) is 1. The van der Waals surface area contributed by atoms with Gasteiger partial charge in [0, 0.05) is 0 Å². The molecule has 2 unspecified atom stereocenters. The van der Waals surface area contributed by atoms with Gasteiger partial charge in [0.1, 0.15) is 5.75 Å². The number of halogens is 3. The SMILES string of the molecule is CPCC(C)Cc1cccc(OC(F)(F)F)c1. The molecule has 1 aromatic carbocycles. The zero-order valence-electron chi connectivity index (χ0n) is 9.84. The maximum absolute atomic E-state index is 12.0. The molecule has 1 rings (SSSR count). The minimum Gasteiger partial charge on any atom is -0.406 e. The second-order valence-electron chi connectivity index (χ2n) is 4.06. The van der Waals surface area contributed by atoms with Crippen LogP contribution in [0.1, 0.15) is 12.5 Å². The summed E-state index contributed by atoms with van der Waals surface area (Å²) in [6.45, 7) is 4.23. The van der Waals surface area contributed by atoms with E-state index >= 15 is 0 Å². The van der Waals surface area contributed by atoms with Crippen LogP contribution in [0.5, 0.6) is 5.75 Å². The van der Waals surface area contributed by atoms with Crippen LogP contribution in [0.15, 0.2) is 24.3 Å². The van der Waals surface area contributed by atoms with Gasteiger partial charge in [-0.05, 0) is 42.9 Å². The molecule has 5 heteroatoms. The second-order valence-corrected chi connectivity index (χ2v) is 5.18. The summed E-state index contributed by atoms with van der Waals surface area (Å²) in [7, 11) is 0.867. The summed E-state index contributed by atoms with van der Waals surface area (Å²) in [5.74, 6) is 0.348. The van der Waals surface area contributed by atoms with Crippen molar-refractivity contribution in [3.8, 4) is 5.75 Å². The molecule has 0 radical (unpaired) electrons. The van der Waals surface area contributed by atoms with Crippen LogP contribution in [0, 0.1) is 5.92 Å². The van der Waals surface area contributed by atoms with E-state index in [4.69, 9.17) is 0 Å². The summed E-state index contributed by atoms with van der Waals surface area (Å²) in [6.07, 6.45) is -2.73. The third kappa shape index (κ3) is 5.92. The monoisotopic (exact) mass is 264 g/mol. The maximum Gasteiger partial charge on any atom is 0.573 e. The van der Waals surface area contributed by atoms with E-state index in [-0.39, 0.29) is 5.75 Å². The molecule has 0 bridgehead atoms. The number of benzene rings is 1. The van der Waals surface area contributed by atoms with Crippen molar-refractivity contribution < 1.29 is 17.9 Å². The average Bonchev–Trinajstić information content (AvgIpc) is 2.15. The molecule has 1 aromatic rings. The normalized spacial score (nSPS) is 14.2. The Morgan fingerprint density at radius 2 is 2.06 bits per heavy atom. The Balaban J connectivity index is 2.66. The van der Waals surface area contributed by atoms with Gasteiger partial charge in [-0.25, -0.2) is 0 Å². The number of rotatable bonds is 5. The minimum atomic E-state index is -4.62. The van der Waals surface area contributed by atoms with Gasteiger partial charge < -0.3 is 4.74 Å². The van der Waals surface area contributed by atoms with Gasteiger partial charge >= 0.3 is 6.36 Å². The van der Waals surface area contributed by atoms with Gasteiger partial charge in [-0.1, -0.05) is 19.1 Å². The quantitative estimate of drug-likeness (QED) is 0.728. The van der Waals surface area contributed by atoms with Crippen molar-refractivity contribution in [2.45, 2.75) is 19.7 Å². The minimum absolute atomic E-state index is 0.138. The molecule has 0 heterocycles. The zero-order chi connectivity index (χ0) is 12.9. The van der Waals surface area contributed by atoms with Crippen LogP contribution in [-0.4, -0.2) is 19.2 Å². The van der Waals surface area contributed by atoms with Gasteiger partial charge in [0.05, 0.1) is 0 Å². The van der Waals surface area contributed by atoms with Crippen LogP contribution in [0.25, 0.3) is 0 Å². The molecule has 0 spiro atoms. The van der Waals surface area contributed by atoms with Crippen LogP contribution in [0.2, 0.25) is 0 Å². The summed E-state index contributed by atoms with van der Waals surface area (Å²) >= 11 is 0. The first kappa shape index (κ1) is 14.3. The highest BCUT2D eigenvalue weighted by molar-refractivity contribution is 7.36. The van der Waals surface area contributed by atoms with Crippen molar-refractivity contribution in [2.75, 3.05) is 12.8 Å². The molecule has 0 saturated heterocycles. The summed E-state index contributed by atoms with van der Waals surface area (Å²) < 4.78 is 40.0. The summed E-state index contributed by atoms with van der Waals surface area (Å²) in [4.78, 5) is 0. The van der Waals surface area contributed by atoms with Crippen molar-refractivity contribution in [1.29, 1.82) is 0 Å². The molecule has 2 atom stereocenters. The molecule has 96 valence electrons. The van der Waals surface area contributed by atoms with E-state index in [0.29, 0.717) is 5.92 Å². The predicted molar refractivity (Wildman–Crippen MR) is 65.1 cm³/mol. The summed E-state index contributed by atoms with van der Waals surface area (Å²) in [5.41, 5.74) is 0.887. The third-order valence-electron chi connectivity index (χ3n) is 2.27. The fourth-order valence-corrected chi connectivity index (χ4v) is 2.53. The Morgan fingerprint density at radius 3 is 2.65 bits per heavy atom. The molecule has 0 aromatic heterocycles. The van der Waals surface area contributed by atoms with Gasteiger partial charge in [0.2, 0.25) is 0 Å². The van der Waals surface area contributed by atoms with Crippen LogP contribution in [-0.2, 0) is 6.42 Å². The van der Waals surface area contributed by atoms with E-state index < -0.39 is 6.36 Å². The van der Waals surface area contributed by atoms with Gasteiger partial charge in [-0.3, -0.25) is 0 Å². The summed E-state index contributed by atoms with van der Waals surface area (Å²) in [5, 5.41) is 0. The molecule has 0 saturated carbocycles. The fraction of sp³-hybridized carbons (Fsp3) is 0.500. The third-order valence-corrected chi connectivity index (χ3v) is 3.37. The number of ether oxygens (including phenoxy) is 1. The highest BCUT2D eigenvalue weighted by Gasteiger charge is 2.31. The van der Waals surface area contributed by atoms with E-state index in [9.17, 15) is 13.2 Å².